The van der Waals surface area contributed by atoms with Crippen LogP contribution in [0.5, 0.6) is 0 Å². The summed E-state index contributed by atoms with van der Waals surface area (Å²) in [7, 11) is 0. The highest BCUT2D eigenvalue weighted by molar-refractivity contribution is 5.99. The number of nitrogens with two attached hydrogens (primary N) is 1. The molecule has 1 aliphatic rings. The van der Waals surface area contributed by atoms with Gasteiger partial charge >= 0.3 is 0 Å². The molecule has 0 saturated carbocycles. The minimum atomic E-state index is -0.242. The molecule has 3 rings (SSSR count). The van der Waals surface area contributed by atoms with Gasteiger partial charge in [-0.3, -0.25) is 4.79 Å². The number of nitrogens with zero attached hydrogens (tertiary/aromatic N) is 1. The molecule has 2 aromatic carbocycles. The number of carbonyl (C=O) groups excluding carboxylic acids is 1. The summed E-state index contributed by atoms with van der Waals surface area (Å²) < 4.78 is 12.8. The number of hydrogen-bond donors (Lipinski definition) is 1. The van der Waals surface area contributed by atoms with E-state index in [2.05, 4.69) is 0 Å². The molecule has 20 heavy (non-hydrogen) atoms. The summed E-state index contributed by atoms with van der Waals surface area (Å²) in [4.78, 5) is 14.0. The van der Waals surface area contributed by atoms with Gasteiger partial charge in [0.2, 0.25) is 0 Å². The second kappa shape index (κ2) is 4.96. The van der Waals surface area contributed by atoms with E-state index in [1.807, 2.05) is 12.1 Å². The molecule has 0 saturated heterocycles. The van der Waals surface area contributed by atoms with Gasteiger partial charge in [0.15, 0.2) is 0 Å². The van der Waals surface area contributed by atoms with Crippen LogP contribution in [0.15, 0.2) is 42.5 Å². The molecule has 0 radical (unpaired) electrons. The van der Waals surface area contributed by atoms with E-state index < -0.39 is 0 Å². The van der Waals surface area contributed by atoms with Gasteiger partial charge in [-0.1, -0.05) is 18.2 Å². The van der Waals surface area contributed by atoms with Gasteiger partial charge in [-0.2, -0.15) is 0 Å². The lowest BCUT2D eigenvalue weighted by atomic mass is 10.1. The van der Waals surface area contributed by atoms with Gasteiger partial charge in [0.25, 0.3) is 5.91 Å². The average Bonchev–Trinajstić information content (AvgIpc) is 2.75. The van der Waals surface area contributed by atoms with Crippen molar-refractivity contribution in [2.24, 2.45) is 0 Å². The molecule has 0 spiro atoms. The molecular weight excluding hydrogens is 255 g/mol. The molecule has 2 N–H and O–H groups in total. The highest BCUT2D eigenvalue weighted by Crippen LogP contribution is 2.24. The molecule has 2 aromatic rings. The molecule has 102 valence electrons. The number of nitrogen functional groups attached to an aromatic ring is 1. The van der Waals surface area contributed by atoms with Crippen LogP contribution in [0.4, 0.5) is 10.1 Å². The molecule has 0 unspecified atom stereocenters. The number of carbonyl (C=O) groups is 1. The Morgan fingerprint density at radius 3 is 2.65 bits per heavy atom. The minimum Gasteiger partial charge on any atom is -0.399 e. The van der Waals surface area contributed by atoms with Crippen molar-refractivity contribution in [3.63, 3.8) is 0 Å². The average molecular weight is 270 g/mol. The highest BCUT2D eigenvalue weighted by atomic mass is 19.1. The van der Waals surface area contributed by atoms with E-state index in [1.54, 1.807) is 23.1 Å². The molecule has 3 nitrogen and oxygen atoms in total. The van der Waals surface area contributed by atoms with Crippen molar-refractivity contribution in [3.05, 3.63) is 65.0 Å². The zero-order valence-corrected chi connectivity index (χ0v) is 11.0. The third kappa shape index (κ3) is 2.37. The second-order valence-corrected chi connectivity index (χ2v) is 5.02. The maximum Gasteiger partial charge on any atom is 0.254 e. The molecular formula is C16H15FN2O. The fraction of sp³-hybridized carbons (Fsp3) is 0.188. The normalized spacial score (nSPS) is 13.7. The zero-order chi connectivity index (χ0) is 14.1. The predicted octanol–water partition coefficient (Wildman–Crippen LogP) is 2.61. The van der Waals surface area contributed by atoms with Gasteiger partial charge in [-0.25, -0.2) is 4.39 Å². The number of rotatable bonds is 3. The van der Waals surface area contributed by atoms with Crippen molar-refractivity contribution in [2.45, 2.75) is 13.0 Å². The van der Waals surface area contributed by atoms with Crippen LogP contribution in [0.1, 0.15) is 21.5 Å². The van der Waals surface area contributed by atoms with Crippen LogP contribution in [0.2, 0.25) is 0 Å². The van der Waals surface area contributed by atoms with Crippen molar-refractivity contribution >= 4 is 11.6 Å². The summed E-state index contributed by atoms with van der Waals surface area (Å²) in [6.07, 6.45) is 0.718. The van der Waals surface area contributed by atoms with E-state index in [9.17, 15) is 9.18 Å². The van der Waals surface area contributed by atoms with E-state index in [0.29, 0.717) is 24.3 Å². The summed E-state index contributed by atoms with van der Waals surface area (Å²) in [5, 5.41) is 0. The maximum absolute atomic E-state index is 12.8. The molecule has 1 amide bonds. The smallest absolute Gasteiger partial charge is 0.254 e. The minimum absolute atomic E-state index is 0.0226. The van der Waals surface area contributed by atoms with Crippen LogP contribution in [0.3, 0.4) is 0 Å². The fourth-order valence-electron chi connectivity index (χ4n) is 2.47. The van der Waals surface area contributed by atoms with E-state index in [-0.39, 0.29) is 11.7 Å². The first-order valence-corrected chi connectivity index (χ1v) is 6.55. The Hall–Kier alpha value is -2.36. The summed E-state index contributed by atoms with van der Waals surface area (Å²) in [6.45, 7) is 1.24. The number of halogens is 1. The first-order valence-electron chi connectivity index (χ1n) is 6.55. The topological polar surface area (TPSA) is 46.3 Å². The van der Waals surface area contributed by atoms with Crippen LogP contribution in [-0.2, 0) is 13.0 Å². The Kier molecular flexibility index (Phi) is 3.14. The Bertz CT molecular complexity index is 652. The lowest BCUT2D eigenvalue weighted by molar-refractivity contribution is 0.0780. The quantitative estimate of drug-likeness (QED) is 0.871. The van der Waals surface area contributed by atoms with Gasteiger partial charge in [-0.15, -0.1) is 0 Å². The monoisotopic (exact) mass is 270 g/mol. The lowest BCUT2D eigenvalue weighted by Crippen LogP contribution is -2.26. The Labute approximate surface area is 116 Å². The third-order valence-electron chi connectivity index (χ3n) is 3.60. The highest BCUT2D eigenvalue weighted by Gasteiger charge is 2.26. The van der Waals surface area contributed by atoms with Crippen molar-refractivity contribution in [2.75, 3.05) is 12.3 Å². The zero-order valence-electron chi connectivity index (χ0n) is 11.0. The van der Waals surface area contributed by atoms with E-state index in [4.69, 9.17) is 5.73 Å². The molecule has 0 aromatic heterocycles. The molecule has 1 aliphatic heterocycles. The van der Waals surface area contributed by atoms with Crippen molar-refractivity contribution in [1.82, 2.24) is 4.90 Å². The van der Waals surface area contributed by atoms with Gasteiger partial charge in [0.05, 0.1) is 0 Å². The van der Waals surface area contributed by atoms with Crippen LogP contribution in [0, 0.1) is 5.82 Å². The Morgan fingerprint density at radius 2 is 1.90 bits per heavy atom. The molecule has 0 bridgehead atoms. The summed E-state index contributed by atoms with van der Waals surface area (Å²) >= 11 is 0. The van der Waals surface area contributed by atoms with E-state index >= 15 is 0 Å². The number of amides is 1. The number of benzene rings is 2. The lowest BCUT2D eigenvalue weighted by Gasteiger charge is -2.15. The molecule has 1 heterocycles. The van der Waals surface area contributed by atoms with Crippen LogP contribution in [-0.4, -0.2) is 17.4 Å². The van der Waals surface area contributed by atoms with E-state index in [1.165, 1.54) is 12.1 Å². The SMILES string of the molecule is Nc1ccc2c(c1)C(=O)N(CCc1ccc(F)cc1)C2. The summed E-state index contributed by atoms with van der Waals surface area (Å²) in [6, 6.07) is 11.8. The largest absolute Gasteiger partial charge is 0.399 e. The first-order chi connectivity index (χ1) is 9.63. The maximum atomic E-state index is 12.8. The second-order valence-electron chi connectivity index (χ2n) is 5.02. The van der Waals surface area contributed by atoms with Gasteiger partial charge < -0.3 is 10.6 Å². The van der Waals surface area contributed by atoms with Crippen LogP contribution >= 0.6 is 0 Å². The molecule has 0 atom stereocenters. The van der Waals surface area contributed by atoms with Crippen LogP contribution in [0.25, 0.3) is 0 Å². The molecule has 0 aliphatic carbocycles. The first kappa shape index (κ1) is 12.7. The van der Waals surface area contributed by atoms with Crippen molar-refractivity contribution in [1.29, 1.82) is 0 Å². The van der Waals surface area contributed by atoms with Crippen molar-refractivity contribution < 1.29 is 9.18 Å². The standard InChI is InChI=1S/C16H15FN2O/c17-13-4-1-11(2-5-13)7-8-19-10-12-3-6-14(18)9-15(12)16(19)20/h1-6,9H,7-8,10,18H2. The predicted molar refractivity (Wildman–Crippen MR) is 75.7 cm³/mol. The van der Waals surface area contributed by atoms with Crippen LogP contribution < -0.4 is 5.73 Å². The third-order valence-corrected chi connectivity index (χ3v) is 3.60. The number of fused-ring (bicyclic) bond motifs is 1. The molecule has 0 fully saturated rings. The van der Waals surface area contributed by atoms with E-state index in [0.717, 1.165) is 17.5 Å². The van der Waals surface area contributed by atoms with Gasteiger partial charge in [0.1, 0.15) is 5.82 Å². The number of anilines is 1. The molecule has 4 heteroatoms. The number of hydrogen-bond acceptors (Lipinski definition) is 2. The Morgan fingerprint density at radius 1 is 1.15 bits per heavy atom. The summed E-state index contributed by atoms with van der Waals surface area (Å²) in [5.41, 5.74) is 9.06. The summed E-state index contributed by atoms with van der Waals surface area (Å²) in [5.74, 6) is -0.219. The fourth-order valence-corrected chi connectivity index (χ4v) is 2.47. The van der Waals surface area contributed by atoms with Gasteiger partial charge in [0, 0.05) is 24.3 Å². The van der Waals surface area contributed by atoms with Gasteiger partial charge in [-0.05, 0) is 41.8 Å². The van der Waals surface area contributed by atoms with Crippen molar-refractivity contribution in [3.8, 4) is 0 Å². The Balaban J connectivity index is 1.69.